The second-order valence-corrected chi connectivity index (χ2v) is 2.40. The highest BCUT2D eigenvalue weighted by Crippen LogP contribution is 2.14. The molecule has 0 atom stereocenters. The molecular formula is C9H12N2. The van der Waals surface area contributed by atoms with Crippen molar-refractivity contribution in [2.75, 3.05) is 12.4 Å². The lowest BCUT2D eigenvalue weighted by atomic mass is 10.2. The third-order valence-electron chi connectivity index (χ3n) is 1.52. The van der Waals surface area contributed by atoms with Gasteiger partial charge in [-0.25, -0.2) is 0 Å². The Bertz CT molecular complexity index is 266. The molecule has 0 unspecified atom stereocenters. The maximum atomic E-state index is 4.19. The number of aryl methyl sites for hydroxylation is 1. The van der Waals surface area contributed by atoms with Gasteiger partial charge in [-0.15, -0.1) is 0 Å². The van der Waals surface area contributed by atoms with Crippen molar-refractivity contribution in [2.45, 2.75) is 6.92 Å². The minimum absolute atomic E-state index is 0.901. The Balaban J connectivity index is 3.16. The molecule has 1 aromatic heterocycles. The van der Waals surface area contributed by atoms with Gasteiger partial charge in [-0.3, -0.25) is 4.98 Å². The monoisotopic (exact) mass is 148 g/mol. The van der Waals surface area contributed by atoms with E-state index in [9.17, 15) is 0 Å². The van der Waals surface area contributed by atoms with E-state index in [1.165, 1.54) is 0 Å². The van der Waals surface area contributed by atoms with Crippen LogP contribution < -0.4 is 5.32 Å². The molecule has 2 nitrogen and oxygen atoms in total. The number of pyridine rings is 1. The molecule has 2 heteroatoms. The summed E-state index contributed by atoms with van der Waals surface area (Å²) < 4.78 is 0. The molecule has 0 aliphatic carbocycles. The largest absolute Gasteiger partial charge is 0.386 e. The first-order valence-corrected chi connectivity index (χ1v) is 3.54. The average Bonchev–Trinajstić information content (AvgIpc) is 2.04. The molecule has 1 rings (SSSR count). The van der Waals surface area contributed by atoms with Crippen molar-refractivity contribution in [1.82, 2.24) is 4.98 Å². The zero-order chi connectivity index (χ0) is 8.27. The number of anilines is 1. The normalized spacial score (nSPS) is 9.27. The van der Waals surface area contributed by atoms with Gasteiger partial charge in [-0.05, 0) is 24.6 Å². The van der Waals surface area contributed by atoms with Gasteiger partial charge in [0.1, 0.15) is 0 Å². The SMILES string of the molecule is C=Cc1ncc(C)cc1NC. The van der Waals surface area contributed by atoms with Crippen molar-refractivity contribution >= 4 is 11.8 Å². The molecule has 0 radical (unpaired) electrons. The Morgan fingerprint density at radius 1 is 1.64 bits per heavy atom. The Morgan fingerprint density at radius 2 is 2.36 bits per heavy atom. The van der Waals surface area contributed by atoms with E-state index in [0.717, 1.165) is 16.9 Å². The molecule has 0 amide bonds. The number of aromatic nitrogens is 1. The molecule has 1 aromatic rings. The number of hydrogen-bond acceptors (Lipinski definition) is 2. The van der Waals surface area contributed by atoms with E-state index in [-0.39, 0.29) is 0 Å². The van der Waals surface area contributed by atoms with E-state index in [2.05, 4.69) is 16.9 Å². The Kier molecular flexibility index (Phi) is 2.26. The molecular weight excluding hydrogens is 136 g/mol. The third kappa shape index (κ3) is 1.58. The third-order valence-corrected chi connectivity index (χ3v) is 1.52. The van der Waals surface area contributed by atoms with Crippen LogP contribution >= 0.6 is 0 Å². The lowest BCUT2D eigenvalue weighted by Gasteiger charge is -2.04. The molecule has 0 aliphatic rings. The fourth-order valence-electron chi connectivity index (χ4n) is 0.943. The average molecular weight is 148 g/mol. The molecule has 1 N–H and O–H groups in total. The number of rotatable bonds is 2. The second-order valence-electron chi connectivity index (χ2n) is 2.40. The highest BCUT2D eigenvalue weighted by Gasteiger charge is 1.96. The van der Waals surface area contributed by atoms with Gasteiger partial charge in [0.25, 0.3) is 0 Å². The van der Waals surface area contributed by atoms with E-state index < -0.39 is 0 Å². The first-order valence-electron chi connectivity index (χ1n) is 3.54. The second kappa shape index (κ2) is 3.19. The zero-order valence-corrected chi connectivity index (χ0v) is 6.89. The van der Waals surface area contributed by atoms with Crippen molar-refractivity contribution in [3.63, 3.8) is 0 Å². The highest BCUT2D eigenvalue weighted by atomic mass is 14.9. The predicted molar refractivity (Wildman–Crippen MR) is 48.6 cm³/mol. The first kappa shape index (κ1) is 7.79. The van der Waals surface area contributed by atoms with Gasteiger partial charge in [0.05, 0.1) is 11.4 Å². The van der Waals surface area contributed by atoms with Crippen LogP contribution in [0.4, 0.5) is 5.69 Å². The van der Waals surface area contributed by atoms with Gasteiger partial charge < -0.3 is 5.32 Å². The van der Waals surface area contributed by atoms with E-state index in [0.29, 0.717) is 0 Å². The van der Waals surface area contributed by atoms with Gasteiger partial charge in [0, 0.05) is 13.2 Å². The molecule has 0 aromatic carbocycles. The van der Waals surface area contributed by atoms with Crippen LogP contribution in [0.1, 0.15) is 11.3 Å². The topological polar surface area (TPSA) is 24.9 Å². The van der Waals surface area contributed by atoms with Crippen LogP contribution in [0.15, 0.2) is 18.8 Å². The molecule has 0 saturated heterocycles. The van der Waals surface area contributed by atoms with E-state index in [1.807, 2.05) is 26.2 Å². The van der Waals surface area contributed by atoms with Crippen LogP contribution in [0.3, 0.4) is 0 Å². The van der Waals surface area contributed by atoms with Crippen LogP contribution in [0.2, 0.25) is 0 Å². The maximum Gasteiger partial charge on any atom is 0.0855 e. The minimum Gasteiger partial charge on any atom is -0.386 e. The molecule has 0 fully saturated rings. The Labute approximate surface area is 67.0 Å². The summed E-state index contributed by atoms with van der Waals surface area (Å²) in [5.74, 6) is 0. The van der Waals surface area contributed by atoms with Crippen LogP contribution in [0.5, 0.6) is 0 Å². The summed E-state index contributed by atoms with van der Waals surface area (Å²) >= 11 is 0. The quantitative estimate of drug-likeness (QED) is 0.694. The number of nitrogens with zero attached hydrogens (tertiary/aromatic N) is 1. The van der Waals surface area contributed by atoms with Crippen LogP contribution in [0, 0.1) is 6.92 Å². The molecule has 0 aliphatic heterocycles. The van der Waals surface area contributed by atoms with Gasteiger partial charge in [-0.2, -0.15) is 0 Å². The van der Waals surface area contributed by atoms with E-state index in [4.69, 9.17) is 0 Å². The van der Waals surface area contributed by atoms with Crippen LogP contribution in [0.25, 0.3) is 6.08 Å². The highest BCUT2D eigenvalue weighted by molar-refractivity contribution is 5.62. The van der Waals surface area contributed by atoms with Crippen molar-refractivity contribution in [3.8, 4) is 0 Å². The summed E-state index contributed by atoms with van der Waals surface area (Å²) in [5, 5.41) is 3.05. The summed E-state index contributed by atoms with van der Waals surface area (Å²) in [6.45, 7) is 5.68. The van der Waals surface area contributed by atoms with Crippen molar-refractivity contribution in [2.24, 2.45) is 0 Å². The molecule has 0 spiro atoms. The fraction of sp³-hybridized carbons (Fsp3) is 0.222. The van der Waals surface area contributed by atoms with Gasteiger partial charge in [-0.1, -0.05) is 6.58 Å². The van der Waals surface area contributed by atoms with Crippen LogP contribution in [-0.2, 0) is 0 Å². The zero-order valence-electron chi connectivity index (χ0n) is 6.89. The van der Waals surface area contributed by atoms with Gasteiger partial charge >= 0.3 is 0 Å². The standard InChI is InChI=1S/C9H12N2/c1-4-8-9(10-3)5-7(2)6-11-8/h4-6,10H,1H2,2-3H3. The van der Waals surface area contributed by atoms with Gasteiger partial charge in [0.2, 0.25) is 0 Å². The summed E-state index contributed by atoms with van der Waals surface area (Å²) in [7, 11) is 1.88. The molecule has 0 saturated carbocycles. The fourth-order valence-corrected chi connectivity index (χ4v) is 0.943. The summed E-state index contributed by atoms with van der Waals surface area (Å²) in [4.78, 5) is 4.19. The Morgan fingerprint density at radius 3 is 2.91 bits per heavy atom. The predicted octanol–water partition coefficient (Wildman–Crippen LogP) is 2.07. The van der Waals surface area contributed by atoms with Crippen LogP contribution in [-0.4, -0.2) is 12.0 Å². The lowest BCUT2D eigenvalue weighted by molar-refractivity contribution is 1.23. The van der Waals surface area contributed by atoms with Crippen molar-refractivity contribution in [1.29, 1.82) is 0 Å². The molecule has 11 heavy (non-hydrogen) atoms. The lowest BCUT2D eigenvalue weighted by Crippen LogP contribution is -1.94. The van der Waals surface area contributed by atoms with Crippen molar-refractivity contribution < 1.29 is 0 Å². The first-order chi connectivity index (χ1) is 5.27. The number of nitrogens with one attached hydrogen (secondary N) is 1. The summed E-state index contributed by atoms with van der Waals surface area (Å²) in [6, 6.07) is 2.05. The molecule has 1 heterocycles. The van der Waals surface area contributed by atoms with Crippen molar-refractivity contribution in [3.05, 3.63) is 30.1 Å². The van der Waals surface area contributed by atoms with E-state index in [1.54, 1.807) is 6.08 Å². The van der Waals surface area contributed by atoms with E-state index >= 15 is 0 Å². The maximum absolute atomic E-state index is 4.19. The summed E-state index contributed by atoms with van der Waals surface area (Å²) in [6.07, 6.45) is 3.57. The Hall–Kier alpha value is -1.31. The smallest absolute Gasteiger partial charge is 0.0855 e. The minimum atomic E-state index is 0.901. The number of hydrogen-bond donors (Lipinski definition) is 1. The summed E-state index contributed by atoms with van der Waals surface area (Å²) in [5.41, 5.74) is 3.08. The molecule has 0 bridgehead atoms. The molecule has 58 valence electrons. The van der Waals surface area contributed by atoms with Gasteiger partial charge in [0.15, 0.2) is 0 Å².